The molecular weight excluding hydrogens is 237 g/mol. The predicted octanol–water partition coefficient (Wildman–Crippen LogP) is 2.65. The third kappa shape index (κ3) is 3.65. The van der Waals surface area contributed by atoms with Crippen LogP contribution in [0.25, 0.3) is 0 Å². The number of hydrogen-bond acceptors (Lipinski definition) is 3. The first-order valence-electron chi connectivity index (χ1n) is 4.76. The number of carbonyl (C=O) groups is 1. The third-order valence-electron chi connectivity index (χ3n) is 2.01. The topological polar surface area (TPSA) is 35.5 Å². The number of carbonyl (C=O) groups excluding carboxylic acids is 1. The molecular formula is C11H11F3O3. The van der Waals surface area contributed by atoms with Gasteiger partial charge in [0.1, 0.15) is 5.75 Å². The smallest absolute Gasteiger partial charge is 0.416 e. The summed E-state index contributed by atoms with van der Waals surface area (Å²) in [6.07, 6.45) is -5.39. The third-order valence-corrected chi connectivity index (χ3v) is 2.01. The van der Waals surface area contributed by atoms with Gasteiger partial charge >= 0.3 is 12.1 Å². The van der Waals surface area contributed by atoms with E-state index in [1.54, 1.807) is 0 Å². The lowest BCUT2D eigenvalue weighted by atomic mass is 10.2. The van der Waals surface area contributed by atoms with Crippen LogP contribution in [0.15, 0.2) is 24.3 Å². The summed E-state index contributed by atoms with van der Waals surface area (Å²) >= 11 is 0. The van der Waals surface area contributed by atoms with Gasteiger partial charge in [0.05, 0.1) is 12.7 Å². The average molecular weight is 248 g/mol. The van der Waals surface area contributed by atoms with Crippen molar-refractivity contribution < 1.29 is 27.4 Å². The van der Waals surface area contributed by atoms with Gasteiger partial charge in [-0.3, -0.25) is 0 Å². The molecule has 0 radical (unpaired) electrons. The molecule has 0 aromatic heterocycles. The molecule has 94 valence electrons. The highest BCUT2D eigenvalue weighted by Crippen LogP contribution is 2.31. The van der Waals surface area contributed by atoms with E-state index in [2.05, 4.69) is 4.74 Å². The molecule has 17 heavy (non-hydrogen) atoms. The number of hydrogen-bond donors (Lipinski definition) is 0. The van der Waals surface area contributed by atoms with E-state index in [0.29, 0.717) is 0 Å². The molecule has 0 saturated heterocycles. The molecule has 0 aliphatic rings. The Balaban J connectivity index is 2.83. The number of methoxy groups -OCH3 is 1. The Bertz CT molecular complexity index is 401. The van der Waals surface area contributed by atoms with Crippen LogP contribution in [0.3, 0.4) is 0 Å². The summed E-state index contributed by atoms with van der Waals surface area (Å²) in [6.45, 7) is 1.39. The summed E-state index contributed by atoms with van der Waals surface area (Å²) in [7, 11) is 1.17. The van der Waals surface area contributed by atoms with Gasteiger partial charge in [0.15, 0.2) is 6.10 Å². The molecule has 0 aliphatic carbocycles. The van der Waals surface area contributed by atoms with Crippen LogP contribution in [0.4, 0.5) is 13.2 Å². The molecule has 0 fully saturated rings. The van der Waals surface area contributed by atoms with Crippen molar-refractivity contribution in [3.63, 3.8) is 0 Å². The monoisotopic (exact) mass is 248 g/mol. The summed E-state index contributed by atoms with van der Waals surface area (Å²) in [5.41, 5.74) is -0.827. The molecule has 1 rings (SSSR count). The molecule has 1 aromatic carbocycles. The van der Waals surface area contributed by atoms with Gasteiger partial charge in [-0.1, -0.05) is 6.07 Å². The number of alkyl halides is 3. The lowest BCUT2D eigenvalue weighted by Gasteiger charge is -2.14. The van der Waals surface area contributed by atoms with E-state index in [-0.39, 0.29) is 5.75 Å². The normalized spacial score (nSPS) is 13.0. The standard InChI is InChI=1S/C11H11F3O3/c1-7(10(15)16-2)17-9-5-3-4-8(6-9)11(12,13)14/h3-7H,1-2H3/t7-/m1/s1. The Morgan fingerprint density at radius 2 is 2.00 bits per heavy atom. The van der Waals surface area contributed by atoms with Gasteiger partial charge in [0, 0.05) is 0 Å². The highest BCUT2D eigenvalue weighted by Gasteiger charge is 2.30. The van der Waals surface area contributed by atoms with Gasteiger partial charge in [-0.25, -0.2) is 4.79 Å². The van der Waals surface area contributed by atoms with Crippen molar-refractivity contribution in [1.82, 2.24) is 0 Å². The minimum atomic E-state index is -4.44. The van der Waals surface area contributed by atoms with Crippen LogP contribution in [0.1, 0.15) is 12.5 Å². The van der Waals surface area contributed by atoms with Gasteiger partial charge < -0.3 is 9.47 Å². The van der Waals surface area contributed by atoms with E-state index >= 15 is 0 Å². The Morgan fingerprint density at radius 1 is 1.35 bits per heavy atom. The number of rotatable bonds is 3. The fourth-order valence-corrected chi connectivity index (χ4v) is 1.16. The Kier molecular flexibility index (Phi) is 3.98. The molecule has 0 unspecified atom stereocenters. The molecule has 0 amide bonds. The van der Waals surface area contributed by atoms with Crippen molar-refractivity contribution in [3.05, 3.63) is 29.8 Å². The fraction of sp³-hybridized carbons (Fsp3) is 0.364. The highest BCUT2D eigenvalue weighted by molar-refractivity contribution is 5.74. The Labute approximate surface area is 96.1 Å². The average Bonchev–Trinajstić information content (AvgIpc) is 2.27. The second-order valence-electron chi connectivity index (χ2n) is 3.31. The second-order valence-corrected chi connectivity index (χ2v) is 3.31. The van der Waals surface area contributed by atoms with Crippen LogP contribution in [-0.4, -0.2) is 19.2 Å². The maximum Gasteiger partial charge on any atom is 0.416 e. The zero-order chi connectivity index (χ0) is 13.1. The Hall–Kier alpha value is -1.72. The summed E-state index contributed by atoms with van der Waals surface area (Å²) < 4.78 is 46.6. The van der Waals surface area contributed by atoms with Crippen molar-refractivity contribution in [2.24, 2.45) is 0 Å². The van der Waals surface area contributed by atoms with Gasteiger partial charge in [-0.15, -0.1) is 0 Å². The van der Waals surface area contributed by atoms with E-state index < -0.39 is 23.8 Å². The van der Waals surface area contributed by atoms with Crippen LogP contribution in [-0.2, 0) is 15.7 Å². The quantitative estimate of drug-likeness (QED) is 0.771. The van der Waals surface area contributed by atoms with E-state index in [1.165, 1.54) is 26.2 Å². The summed E-state index contributed by atoms with van der Waals surface area (Å²) in [4.78, 5) is 11.0. The predicted molar refractivity (Wildman–Crippen MR) is 53.6 cm³/mol. The highest BCUT2D eigenvalue weighted by atomic mass is 19.4. The fourth-order valence-electron chi connectivity index (χ4n) is 1.16. The Morgan fingerprint density at radius 3 is 2.53 bits per heavy atom. The molecule has 6 heteroatoms. The second kappa shape index (κ2) is 5.07. The zero-order valence-corrected chi connectivity index (χ0v) is 9.25. The van der Waals surface area contributed by atoms with E-state index in [0.717, 1.165) is 12.1 Å². The van der Waals surface area contributed by atoms with Crippen LogP contribution in [0.5, 0.6) is 5.75 Å². The SMILES string of the molecule is COC(=O)[C@@H](C)Oc1cccc(C(F)(F)F)c1. The zero-order valence-electron chi connectivity index (χ0n) is 9.25. The van der Waals surface area contributed by atoms with Gasteiger partial charge in [0.2, 0.25) is 0 Å². The maximum absolute atomic E-state index is 12.4. The minimum Gasteiger partial charge on any atom is -0.479 e. The van der Waals surface area contributed by atoms with Gasteiger partial charge in [-0.05, 0) is 25.1 Å². The van der Waals surface area contributed by atoms with Crippen molar-refractivity contribution >= 4 is 5.97 Å². The van der Waals surface area contributed by atoms with Crippen molar-refractivity contribution in [3.8, 4) is 5.75 Å². The molecule has 0 N–H and O–H groups in total. The molecule has 3 nitrogen and oxygen atoms in total. The van der Waals surface area contributed by atoms with E-state index in [1.807, 2.05) is 0 Å². The first kappa shape index (κ1) is 13.3. The molecule has 0 aliphatic heterocycles. The van der Waals surface area contributed by atoms with E-state index in [9.17, 15) is 18.0 Å². The molecule has 0 bridgehead atoms. The molecule has 1 atom stereocenters. The summed E-state index contributed by atoms with van der Waals surface area (Å²) in [5.74, 6) is -0.680. The van der Waals surface area contributed by atoms with Crippen LogP contribution >= 0.6 is 0 Å². The van der Waals surface area contributed by atoms with Crippen LogP contribution < -0.4 is 4.74 Å². The minimum absolute atomic E-state index is 0.0299. The lowest BCUT2D eigenvalue weighted by molar-refractivity contribution is -0.147. The molecule has 0 heterocycles. The first-order valence-corrected chi connectivity index (χ1v) is 4.76. The van der Waals surface area contributed by atoms with Crippen molar-refractivity contribution in [2.75, 3.05) is 7.11 Å². The summed E-state index contributed by atoms with van der Waals surface area (Å²) in [6, 6.07) is 4.31. The van der Waals surface area contributed by atoms with Crippen molar-refractivity contribution in [2.45, 2.75) is 19.2 Å². The number of benzene rings is 1. The lowest BCUT2D eigenvalue weighted by Crippen LogP contribution is -2.25. The number of ether oxygens (including phenoxy) is 2. The van der Waals surface area contributed by atoms with Gasteiger partial charge in [0.25, 0.3) is 0 Å². The van der Waals surface area contributed by atoms with E-state index in [4.69, 9.17) is 4.74 Å². The first-order chi connectivity index (χ1) is 7.84. The van der Waals surface area contributed by atoms with Gasteiger partial charge in [-0.2, -0.15) is 13.2 Å². The van der Waals surface area contributed by atoms with Crippen molar-refractivity contribution in [1.29, 1.82) is 0 Å². The van der Waals surface area contributed by atoms with Crippen LogP contribution in [0, 0.1) is 0 Å². The number of halogens is 3. The maximum atomic E-state index is 12.4. The number of esters is 1. The summed E-state index contributed by atoms with van der Waals surface area (Å²) in [5, 5.41) is 0. The van der Waals surface area contributed by atoms with Crippen LogP contribution in [0.2, 0.25) is 0 Å². The molecule has 1 aromatic rings. The largest absolute Gasteiger partial charge is 0.479 e. The molecule has 0 saturated carbocycles. The molecule has 0 spiro atoms.